The van der Waals surface area contributed by atoms with Gasteiger partial charge < -0.3 is 9.88 Å². The van der Waals surface area contributed by atoms with Crippen LogP contribution in [0.2, 0.25) is 0 Å². The van der Waals surface area contributed by atoms with E-state index in [9.17, 15) is 17.6 Å². The number of nitrogens with one attached hydrogen (secondary N) is 2. The van der Waals surface area contributed by atoms with Crippen LogP contribution in [-0.4, -0.2) is 24.6 Å². The number of aromatic nitrogens is 1. The number of rotatable bonds is 7. The summed E-state index contributed by atoms with van der Waals surface area (Å²) in [5, 5.41) is 2.88. The minimum Gasteiger partial charge on any atom is -0.322 e. The lowest BCUT2D eigenvalue weighted by atomic mass is 10.1. The number of hydrogen-bond donors (Lipinski definition) is 2. The molecule has 0 aliphatic heterocycles. The van der Waals surface area contributed by atoms with Crippen LogP contribution in [0.5, 0.6) is 0 Å². The fraction of sp³-hybridized carbons (Fsp3) is 0.261. The topological polar surface area (TPSA) is 80.2 Å². The van der Waals surface area contributed by atoms with Gasteiger partial charge in [0.05, 0.1) is 17.0 Å². The van der Waals surface area contributed by atoms with E-state index in [1.807, 2.05) is 18.4 Å². The summed E-state index contributed by atoms with van der Waals surface area (Å²) in [6.45, 7) is 7.25. The van der Waals surface area contributed by atoms with Crippen molar-refractivity contribution in [3.8, 4) is 5.69 Å². The van der Waals surface area contributed by atoms with Gasteiger partial charge in [-0.15, -0.1) is 0 Å². The molecule has 0 saturated carbocycles. The van der Waals surface area contributed by atoms with Gasteiger partial charge in [-0.25, -0.2) is 12.8 Å². The van der Waals surface area contributed by atoms with Crippen molar-refractivity contribution in [3.63, 3.8) is 0 Å². The largest absolute Gasteiger partial charge is 0.322 e. The monoisotopic (exact) mass is 443 g/mol. The lowest BCUT2D eigenvalue weighted by Crippen LogP contribution is -2.18. The molecular formula is C23H26FN3O3S. The second-order valence-electron chi connectivity index (χ2n) is 7.45. The van der Waals surface area contributed by atoms with E-state index < -0.39 is 10.0 Å². The number of carbonyl (C=O) groups is 1. The number of aryl methyl sites for hydroxylation is 1. The molecule has 0 fully saturated rings. The second kappa shape index (κ2) is 8.93. The first-order valence-electron chi connectivity index (χ1n) is 9.99. The molecule has 8 heteroatoms. The maximum absolute atomic E-state index is 13.3. The fourth-order valence-electron chi connectivity index (χ4n) is 3.54. The minimum atomic E-state index is -3.44. The zero-order valence-corrected chi connectivity index (χ0v) is 18.8. The molecule has 164 valence electrons. The van der Waals surface area contributed by atoms with Crippen molar-refractivity contribution in [3.05, 3.63) is 76.9 Å². The maximum Gasteiger partial charge on any atom is 0.257 e. The molecule has 2 aromatic carbocycles. The average Bonchev–Trinajstić information content (AvgIpc) is 3.00. The summed E-state index contributed by atoms with van der Waals surface area (Å²) in [5.74, 6) is -0.606. The summed E-state index contributed by atoms with van der Waals surface area (Å²) < 4.78 is 42.0. The van der Waals surface area contributed by atoms with Gasteiger partial charge in [0.15, 0.2) is 0 Å². The molecule has 31 heavy (non-hydrogen) atoms. The number of carbonyl (C=O) groups excluding carboxylic acids is 1. The molecule has 1 amide bonds. The van der Waals surface area contributed by atoms with Crippen molar-refractivity contribution < 1.29 is 17.6 Å². The molecule has 3 aromatic rings. The lowest BCUT2D eigenvalue weighted by Gasteiger charge is -2.14. The van der Waals surface area contributed by atoms with Crippen LogP contribution < -0.4 is 10.0 Å². The summed E-state index contributed by atoms with van der Waals surface area (Å²) in [4.78, 5) is 13.0. The lowest BCUT2D eigenvalue weighted by molar-refractivity contribution is 0.102. The standard InChI is InChI=1S/C23H26FN3O3S/c1-5-13-31(29,30)26-22-8-6-7-21(16(22)3)25-23(28)20-14-15(2)27(17(20)4)19-11-9-18(24)10-12-19/h6-12,14,26H,5,13H2,1-4H3,(H,25,28). The van der Waals surface area contributed by atoms with Gasteiger partial charge in [0.1, 0.15) is 5.82 Å². The highest BCUT2D eigenvalue weighted by Crippen LogP contribution is 2.27. The smallest absolute Gasteiger partial charge is 0.257 e. The SMILES string of the molecule is CCCS(=O)(=O)Nc1cccc(NC(=O)c2cc(C)n(-c3ccc(F)cc3)c2C)c1C. The van der Waals surface area contributed by atoms with Crippen LogP contribution in [-0.2, 0) is 10.0 Å². The third-order valence-electron chi connectivity index (χ3n) is 5.08. The van der Waals surface area contributed by atoms with Gasteiger partial charge in [0.25, 0.3) is 5.91 Å². The highest BCUT2D eigenvalue weighted by Gasteiger charge is 2.19. The minimum absolute atomic E-state index is 0.0262. The van der Waals surface area contributed by atoms with Crippen LogP contribution in [0, 0.1) is 26.6 Å². The predicted octanol–water partition coefficient (Wildman–Crippen LogP) is 4.95. The fourth-order valence-corrected chi connectivity index (χ4v) is 4.73. The van der Waals surface area contributed by atoms with Crippen LogP contribution in [0.4, 0.5) is 15.8 Å². The van der Waals surface area contributed by atoms with E-state index in [0.29, 0.717) is 28.9 Å². The Balaban J connectivity index is 1.88. The van der Waals surface area contributed by atoms with E-state index in [1.54, 1.807) is 50.2 Å². The molecular weight excluding hydrogens is 417 g/mol. The van der Waals surface area contributed by atoms with Crippen molar-refractivity contribution in [1.29, 1.82) is 0 Å². The van der Waals surface area contributed by atoms with Gasteiger partial charge in [0, 0.05) is 22.8 Å². The number of hydrogen-bond acceptors (Lipinski definition) is 3. The van der Waals surface area contributed by atoms with E-state index in [0.717, 1.165) is 17.1 Å². The Morgan fingerprint density at radius 2 is 1.68 bits per heavy atom. The van der Waals surface area contributed by atoms with Gasteiger partial charge in [0.2, 0.25) is 10.0 Å². The van der Waals surface area contributed by atoms with Crippen molar-refractivity contribution in [2.24, 2.45) is 0 Å². The van der Waals surface area contributed by atoms with E-state index in [1.165, 1.54) is 12.1 Å². The second-order valence-corrected chi connectivity index (χ2v) is 9.29. The molecule has 0 bridgehead atoms. The zero-order valence-electron chi connectivity index (χ0n) is 18.0. The molecule has 0 atom stereocenters. The molecule has 1 aromatic heterocycles. The third kappa shape index (κ3) is 4.96. The van der Waals surface area contributed by atoms with Crippen LogP contribution in [0.25, 0.3) is 5.69 Å². The predicted molar refractivity (Wildman–Crippen MR) is 122 cm³/mol. The summed E-state index contributed by atoms with van der Waals surface area (Å²) in [5.41, 5.74) is 4.39. The van der Waals surface area contributed by atoms with Crippen molar-refractivity contribution in [1.82, 2.24) is 4.57 Å². The van der Waals surface area contributed by atoms with Gasteiger partial charge in [-0.3, -0.25) is 9.52 Å². The number of halogens is 1. The number of benzene rings is 2. The van der Waals surface area contributed by atoms with E-state index in [-0.39, 0.29) is 17.5 Å². The van der Waals surface area contributed by atoms with E-state index in [4.69, 9.17) is 0 Å². The van der Waals surface area contributed by atoms with Crippen molar-refractivity contribution in [2.75, 3.05) is 15.8 Å². The summed E-state index contributed by atoms with van der Waals surface area (Å²) >= 11 is 0. The number of sulfonamides is 1. The molecule has 1 heterocycles. The van der Waals surface area contributed by atoms with Gasteiger partial charge >= 0.3 is 0 Å². The first kappa shape index (κ1) is 22.6. The Morgan fingerprint density at radius 1 is 1.03 bits per heavy atom. The number of nitrogens with zero attached hydrogens (tertiary/aromatic N) is 1. The highest BCUT2D eigenvalue weighted by atomic mass is 32.2. The van der Waals surface area contributed by atoms with Crippen LogP contribution in [0.1, 0.15) is 40.7 Å². The normalized spacial score (nSPS) is 11.4. The summed E-state index contributed by atoms with van der Waals surface area (Å²) in [6.07, 6.45) is 0.508. The molecule has 0 saturated heterocycles. The molecule has 6 nitrogen and oxygen atoms in total. The summed E-state index contributed by atoms with van der Waals surface area (Å²) in [6, 6.07) is 12.9. The Kier molecular flexibility index (Phi) is 6.50. The average molecular weight is 444 g/mol. The van der Waals surface area contributed by atoms with Gasteiger partial charge in [-0.1, -0.05) is 13.0 Å². The Morgan fingerprint density at radius 3 is 2.32 bits per heavy atom. The van der Waals surface area contributed by atoms with Gasteiger partial charge in [-0.2, -0.15) is 0 Å². The maximum atomic E-state index is 13.3. The summed E-state index contributed by atoms with van der Waals surface area (Å²) in [7, 11) is -3.44. The number of amides is 1. The molecule has 0 aliphatic rings. The van der Waals surface area contributed by atoms with E-state index >= 15 is 0 Å². The molecule has 0 unspecified atom stereocenters. The molecule has 0 aliphatic carbocycles. The van der Waals surface area contributed by atoms with Crippen molar-refractivity contribution >= 4 is 27.3 Å². The zero-order chi connectivity index (χ0) is 22.8. The van der Waals surface area contributed by atoms with Gasteiger partial charge in [-0.05, 0) is 75.2 Å². The quantitative estimate of drug-likeness (QED) is 0.542. The first-order chi connectivity index (χ1) is 14.6. The number of anilines is 2. The third-order valence-corrected chi connectivity index (χ3v) is 6.56. The van der Waals surface area contributed by atoms with Crippen LogP contribution in [0.3, 0.4) is 0 Å². The van der Waals surface area contributed by atoms with Crippen molar-refractivity contribution in [2.45, 2.75) is 34.1 Å². The van der Waals surface area contributed by atoms with Crippen LogP contribution in [0.15, 0.2) is 48.5 Å². The van der Waals surface area contributed by atoms with Crippen LogP contribution >= 0.6 is 0 Å². The highest BCUT2D eigenvalue weighted by molar-refractivity contribution is 7.92. The molecule has 3 rings (SSSR count). The molecule has 0 spiro atoms. The Labute approximate surface area is 182 Å². The Hall–Kier alpha value is -3.13. The molecule has 0 radical (unpaired) electrons. The van der Waals surface area contributed by atoms with E-state index in [2.05, 4.69) is 10.0 Å². The molecule has 2 N–H and O–H groups in total. The first-order valence-corrected chi connectivity index (χ1v) is 11.6. The Bertz CT molecular complexity index is 1220.